The summed E-state index contributed by atoms with van der Waals surface area (Å²) in [6, 6.07) is 8.01. The maximum atomic E-state index is 11.0. The number of ether oxygens (including phenoxy) is 1. The van der Waals surface area contributed by atoms with E-state index in [-0.39, 0.29) is 5.91 Å². The summed E-state index contributed by atoms with van der Waals surface area (Å²) in [5.74, 6) is -0.190. The van der Waals surface area contributed by atoms with Crippen LogP contribution < -0.4 is 5.32 Å². The summed E-state index contributed by atoms with van der Waals surface area (Å²) in [7, 11) is 0. The smallest absolute Gasteiger partial charge is 0.250 e. The standard InChI is InChI=1S/C10H8ClNS.C9H15NO2.C2H2/c1-7-6-13-9-5-3-2-4-8(9)10(11)12-7;1-4-8(3)9(11)10-6-7-12-5-2;1-2/h2-6H,1H3;4H,1,3,5-7H2,2H3,(H,10,11);1-2H. The summed E-state index contributed by atoms with van der Waals surface area (Å²) in [5, 5.41) is 5.22. The van der Waals surface area contributed by atoms with Crippen molar-refractivity contribution in [3.63, 3.8) is 0 Å². The minimum Gasteiger partial charge on any atom is -0.380 e. The molecule has 1 aromatic rings. The zero-order valence-electron chi connectivity index (χ0n) is 15.7. The molecule has 1 aromatic carbocycles. The van der Waals surface area contributed by atoms with E-state index in [1.165, 1.54) is 6.08 Å². The zero-order chi connectivity index (χ0) is 20.7. The van der Waals surface area contributed by atoms with Crippen molar-refractivity contribution >= 4 is 34.4 Å². The van der Waals surface area contributed by atoms with Crippen molar-refractivity contribution in [3.8, 4) is 12.8 Å². The average molecular weight is 405 g/mol. The summed E-state index contributed by atoms with van der Waals surface area (Å²) in [4.78, 5) is 16.4. The number of rotatable bonds is 6. The molecule has 0 aliphatic carbocycles. The first-order chi connectivity index (χ1) is 13.0. The third-order valence-corrected chi connectivity index (χ3v) is 4.37. The number of halogens is 1. The van der Waals surface area contributed by atoms with Gasteiger partial charge in [-0.25, -0.2) is 4.99 Å². The maximum Gasteiger partial charge on any atom is 0.250 e. The Balaban J connectivity index is 0.000000461. The highest BCUT2D eigenvalue weighted by Crippen LogP contribution is 2.29. The van der Waals surface area contributed by atoms with Crippen LogP contribution in [-0.4, -0.2) is 30.8 Å². The molecule has 0 saturated heterocycles. The van der Waals surface area contributed by atoms with Crippen molar-refractivity contribution in [2.45, 2.75) is 18.7 Å². The molecule has 144 valence electrons. The Morgan fingerprint density at radius 1 is 1.41 bits per heavy atom. The van der Waals surface area contributed by atoms with Crippen LogP contribution in [0.2, 0.25) is 0 Å². The van der Waals surface area contributed by atoms with Gasteiger partial charge in [-0.1, -0.05) is 60.8 Å². The van der Waals surface area contributed by atoms with E-state index in [0.29, 0.717) is 30.5 Å². The van der Waals surface area contributed by atoms with Gasteiger partial charge in [0.1, 0.15) is 5.17 Å². The van der Waals surface area contributed by atoms with Crippen LogP contribution >= 0.6 is 23.4 Å². The number of thioether (sulfide) groups is 1. The fourth-order valence-electron chi connectivity index (χ4n) is 1.72. The molecule has 1 N–H and O–H groups in total. The number of hydrogen-bond donors (Lipinski definition) is 1. The van der Waals surface area contributed by atoms with Crippen LogP contribution in [-0.2, 0) is 9.53 Å². The molecule has 1 aliphatic heterocycles. The van der Waals surface area contributed by atoms with Crippen LogP contribution in [0.1, 0.15) is 19.4 Å². The molecular formula is C21H25ClN2O2S. The Labute approximate surface area is 171 Å². The van der Waals surface area contributed by atoms with Gasteiger partial charge in [-0.2, -0.15) is 0 Å². The molecule has 0 bridgehead atoms. The third-order valence-electron chi connectivity index (χ3n) is 3.01. The number of amides is 1. The normalized spacial score (nSPS) is 11.6. The minimum absolute atomic E-state index is 0.190. The lowest BCUT2D eigenvalue weighted by molar-refractivity contribution is -0.117. The Morgan fingerprint density at radius 3 is 2.70 bits per heavy atom. The van der Waals surface area contributed by atoms with Gasteiger partial charge in [-0.15, -0.1) is 12.8 Å². The molecule has 0 saturated carbocycles. The predicted molar refractivity (Wildman–Crippen MR) is 117 cm³/mol. The molecular weight excluding hydrogens is 380 g/mol. The molecule has 6 heteroatoms. The van der Waals surface area contributed by atoms with Gasteiger partial charge < -0.3 is 10.1 Å². The molecule has 1 amide bonds. The second-order valence-corrected chi connectivity index (χ2v) is 6.23. The lowest BCUT2D eigenvalue weighted by Gasteiger charge is -2.03. The van der Waals surface area contributed by atoms with Gasteiger partial charge in [0.05, 0.1) is 6.61 Å². The van der Waals surface area contributed by atoms with Gasteiger partial charge in [-0.3, -0.25) is 4.79 Å². The highest BCUT2D eigenvalue weighted by Gasteiger charge is 2.09. The fraction of sp³-hybridized carbons (Fsp3) is 0.238. The number of terminal acetylenes is 1. The first-order valence-corrected chi connectivity index (χ1v) is 9.43. The number of carbonyl (C=O) groups is 1. The molecule has 0 fully saturated rings. The molecule has 2 rings (SSSR count). The van der Waals surface area contributed by atoms with E-state index in [4.69, 9.17) is 16.3 Å². The van der Waals surface area contributed by atoms with Gasteiger partial charge in [0.25, 0.3) is 5.91 Å². The molecule has 1 heterocycles. The number of carbonyl (C=O) groups excluding carboxylic acids is 1. The van der Waals surface area contributed by atoms with Gasteiger partial charge in [0.15, 0.2) is 0 Å². The number of benzene rings is 1. The lowest BCUT2D eigenvalue weighted by atomic mass is 10.2. The summed E-state index contributed by atoms with van der Waals surface area (Å²) >= 11 is 7.70. The second-order valence-electron chi connectivity index (χ2n) is 4.96. The van der Waals surface area contributed by atoms with Crippen LogP contribution in [0.15, 0.2) is 70.1 Å². The van der Waals surface area contributed by atoms with E-state index in [1.807, 2.05) is 43.5 Å². The molecule has 4 nitrogen and oxygen atoms in total. The maximum absolute atomic E-state index is 11.0. The SMILES string of the molecule is C#C.C=CC(=C)C(=O)NCCOCC.CC1=CSc2ccccc2C(Cl)=N1. The van der Waals surface area contributed by atoms with Crippen molar-refractivity contribution in [1.82, 2.24) is 5.32 Å². The van der Waals surface area contributed by atoms with Crippen molar-refractivity contribution in [2.24, 2.45) is 4.99 Å². The number of allylic oxidation sites excluding steroid dienone is 1. The van der Waals surface area contributed by atoms with E-state index in [2.05, 4.69) is 36.3 Å². The summed E-state index contributed by atoms with van der Waals surface area (Å²) in [5.41, 5.74) is 2.35. The van der Waals surface area contributed by atoms with E-state index in [1.54, 1.807) is 11.8 Å². The molecule has 1 aliphatic rings. The van der Waals surface area contributed by atoms with Gasteiger partial charge >= 0.3 is 0 Å². The van der Waals surface area contributed by atoms with Gasteiger partial charge in [-0.05, 0) is 25.3 Å². The fourth-order valence-corrected chi connectivity index (χ4v) is 2.87. The Morgan fingerprint density at radius 2 is 2.07 bits per heavy atom. The van der Waals surface area contributed by atoms with E-state index in [9.17, 15) is 4.79 Å². The van der Waals surface area contributed by atoms with Crippen LogP contribution in [0.4, 0.5) is 0 Å². The Kier molecular flexibility index (Phi) is 13.6. The Hall–Kier alpha value is -2.26. The van der Waals surface area contributed by atoms with E-state index in [0.717, 1.165) is 16.2 Å². The third kappa shape index (κ3) is 9.86. The molecule has 27 heavy (non-hydrogen) atoms. The molecule has 0 aromatic heterocycles. The lowest BCUT2D eigenvalue weighted by Crippen LogP contribution is -2.27. The second kappa shape index (κ2) is 14.9. The zero-order valence-corrected chi connectivity index (χ0v) is 17.3. The monoisotopic (exact) mass is 404 g/mol. The first-order valence-electron chi connectivity index (χ1n) is 8.17. The molecule has 0 spiro atoms. The average Bonchev–Trinajstić information content (AvgIpc) is 2.85. The van der Waals surface area contributed by atoms with Crippen LogP contribution in [0.25, 0.3) is 0 Å². The molecule has 0 unspecified atom stereocenters. The van der Waals surface area contributed by atoms with Crippen molar-refractivity contribution in [3.05, 3.63) is 65.7 Å². The number of aliphatic imine (C=N–C) groups is 1. The number of hydrogen-bond acceptors (Lipinski definition) is 4. The highest BCUT2D eigenvalue weighted by molar-refractivity contribution is 8.02. The summed E-state index contributed by atoms with van der Waals surface area (Å²) in [6.45, 7) is 12.5. The Bertz CT molecular complexity index is 724. The topological polar surface area (TPSA) is 50.7 Å². The largest absolute Gasteiger partial charge is 0.380 e. The quantitative estimate of drug-likeness (QED) is 0.321. The van der Waals surface area contributed by atoms with Crippen molar-refractivity contribution in [2.75, 3.05) is 19.8 Å². The molecule has 0 atom stereocenters. The van der Waals surface area contributed by atoms with E-state index >= 15 is 0 Å². The molecule has 0 radical (unpaired) electrons. The van der Waals surface area contributed by atoms with Crippen molar-refractivity contribution < 1.29 is 9.53 Å². The van der Waals surface area contributed by atoms with Gasteiger partial charge in [0.2, 0.25) is 0 Å². The number of fused-ring (bicyclic) bond motifs is 1. The first kappa shape index (κ1) is 24.7. The van der Waals surface area contributed by atoms with E-state index < -0.39 is 0 Å². The summed E-state index contributed by atoms with van der Waals surface area (Å²) in [6.07, 6.45) is 9.43. The minimum atomic E-state index is -0.190. The van der Waals surface area contributed by atoms with Crippen LogP contribution in [0.3, 0.4) is 0 Å². The van der Waals surface area contributed by atoms with Crippen LogP contribution in [0, 0.1) is 12.8 Å². The van der Waals surface area contributed by atoms with Crippen LogP contribution in [0.5, 0.6) is 0 Å². The van der Waals surface area contributed by atoms with Crippen molar-refractivity contribution in [1.29, 1.82) is 0 Å². The highest BCUT2D eigenvalue weighted by atomic mass is 35.5. The summed E-state index contributed by atoms with van der Waals surface area (Å²) < 4.78 is 5.03. The number of nitrogens with one attached hydrogen (secondary N) is 1. The van der Waals surface area contributed by atoms with Gasteiger partial charge in [0, 0.05) is 34.9 Å². The predicted octanol–water partition coefficient (Wildman–Crippen LogP) is 4.77. The number of nitrogens with zero attached hydrogens (tertiary/aromatic N) is 1.